The van der Waals surface area contributed by atoms with Gasteiger partial charge in [0, 0.05) is 6.04 Å². The van der Waals surface area contributed by atoms with Crippen molar-refractivity contribution in [3.05, 3.63) is 35.4 Å². The van der Waals surface area contributed by atoms with Gasteiger partial charge in [-0.25, -0.2) is 0 Å². The molecule has 0 heterocycles. The third-order valence-corrected chi connectivity index (χ3v) is 5.32. The topological polar surface area (TPSA) is 38.0 Å². The molecule has 2 atom stereocenters. The quantitative estimate of drug-likeness (QED) is 0.644. The van der Waals surface area contributed by atoms with Crippen LogP contribution < -0.4 is 11.3 Å². The molecule has 118 valence electrons. The Labute approximate surface area is 130 Å². The molecule has 0 spiro atoms. The number of rotatable bonds is 4. The fourth-order valence-corrected chi connectivity index (χ4v) is 3.81. The van der Waals surface area contributed by atoms with E-state index in [4.69, 9.17) is 5.84 Å². The van der Waals surface area contributed by atoms with Gasteiger partial charge in [-0.15, -0.1) is 0 Å². The summed E-state index contributed by atoms with van der Waals surface area (Å²) in [7, 11) is 0. The van der Waals surface area contributed by atoms with Crippen LogP contribution in [0.1, 0.15) is 65.0 Å². The van der Waals surface area contributed by atoms with E-state index in [1.54, 1.807) is 0 Å². The minimum Gasteiger partial charge on any atom is -0.271 e. The van der Waals surface area contributed by atoms with Crippen LogP contribution in [0.4, 0.5) is 0 Å². The van der Waals surface area contributed by atoms with Crippen molar-refractivity contribution >= 4 is 0 Å². The van der Waals surface area contributed by atoms with E-state index >= 15 is 0 Å². The zero-order chi connectivity index (χ0) is 15.7. The Morgan fingerprint density at radius 2 is 1.86 bits per heavy atom. The number of hydrogen-bond donors (Lipinski definition) is 2. The first kappa shape index (κ1) is 16.5. The molecule has 21 heavy (non-hydrogen) atoms. The smallest absolute Gasteiger partial charge is 0.0284 e. The van der Waals surface area contributed by atoms with E-state index in [0.29, 0.717) is 17.4 Å². The number of hydrazine groups is 1. The van der Waals surface area contributed by atoms with Crippen LogP contribution in [-0.2, 0) is 11.8 Å². The van der Waals surface area contributed by atoms with E-state index in [1.165, 1.54) is 30.4 Å². The van der Waals surface area contributed by atoms with Crippen molar-refractivity contribution in [2.24, 2.45) is 17.2 Å². The Hall–Kier alpha value is -0.860. The Morgan fingerprint density at radius 3 is 2.29 bits per heavy atom. The van der Waals surface area contributed by atoms with Crippen LogP contribution in [0.3, 0.4) is 0 Å². The fraction of sp³-hybridized carbons (Fsp3) is 0.684. The van der Waals surface area contributed by atoms with Gasteiger partial charge in [0.2, 0.25) is 0 Å². The Bertz CT molecular complexity index is 453. The summed E-state index contributed by atoms with van der Waals surface area (Å²) in [6.07, 6.45) is 4.97. The summed E-state index contributed by atoms with van der Waals surface area (Å²) < 4.78 is 0. The zero-order valence-corrected chi connectivity index (χ0v) is 14.4. The summed E-state index contributed by atoms with van der Waals surface area (Å²) in [5.74, 6) is 6.54. The molecule has 1 aliphatic rings. The van der Waals surface area contributed by atoms with Crippen LogP contribution in [-0.4, -0.2) is 6.04 Å². The average molecular weight is 288 g/mol. The molecule has 1 saturated carbocycles. The Balaban J connectivity index is 2.09. The molecular weight excluding hydrogens is 256 g/mol. The number of hydrogen-bond acceptors (Lipinski definition) is 2. The number of benzene rings is 1. The Kier molecular flexibility index (Phi) is 4.79. The minimum absolute atomic E-state index is 0.220. The van der Waals surface area contributed by atoms with Gasteiger partial charge in [0.15, 0.2) is 0 Å². The van der Waals surface area contributed by atoms with Gasteiger partial charge in [-0.1, -0.05) is 65.3 Å². The molecular formula is C19H32N2. The van der Waals surface area contributed by atoms with Crippen molar-refractivity contribution < 1.29 is 0 Å². The van der Waals surface area contributed by atoms with Gasteiger partial charge in [-0.2, -0.15) is 0 Å². The fourth-order valence-electron chi connectivity index (χ4n) is 3.81. The van der Waals surface area contributed by atoms with Gasteiger partial charge in [-0.05, 0) is 47.1 Å². The summed E-state index contributed by atoms with van der Waals surface area (Å²) in [6.45, 7) is 11.5. The molecule has 3 N–H and O–H groups in total. The average Bonchev–Trinajstić information content (AvgIpc) is 2.75. The normalized spacial score (nSPS) is 23.2. The summed E-state index contributed by atoms with van der Waals surface area (Å²) in [5, 5.41) is 0. The molecule has 0 aliphatic heterocycles. The predicted molar refractivity (Wildman–Crippen MR) is 91.1 cm³/mol. The van der Waals surface area contributed by atoms with Gasteiger partial charge in [0.05, 0.1) is 0 Å². The van der Waals surface area contributed by atoms with E-state index in [9.17, 15) is 0 Å². The van der Waals surface area contributed by atoms with Crippen molar-refractivity contribution in [3.8, 4) is 0 Å². The first-order chi connectivity index (χ1) is 9.74. The monoisotopic (exact) mass is 288 g/mol. The summed E-state index contributed by atoms with van der Waals surface area (Å²) in [6, 6.07) is 9.45. The molecule has 0 bridgehead atoms. The molecule has 1 fully saturated rings. The molecule has 1 aromatic rings. The van der Waals surface area contributed by atoms with Crippen LogP contribution in [0, 0.1) is 11.3 Å². The van der Waals surface area contributed by atoms with E-state index in [0.717, 1.165) is 6.42 Å². The standard InChI is InChI=1S/C19H32N2/c1-18(2,3)15-10-8-14(9-11-15)13-17(21-20)16-7-6-12-19(16,4)5/h8-11,16-17,21H,6-7,12-13,20H2,1-5H3. The van der Waals surface area contributed by atoms with Gasteiger partial charge >= 0.3 is 0 Å². The second-order valence-corrected chi connectivity index (χ2v) is 8.41. The molecule has 0 aromatic heterocycles. The highest BCUT2D eigenvalue weighted by Crippen LogP contribution is 2.44. The molecule has 1 aliphatic carbocycles. The van der Waals surface area contributed by atoms with Crippen molar-refractivity contribution in [2.45, 2.75) is 71.8 Å². The van der Waals surface area contributed by atoms with Crippen LogP contribution in [0.25, 0.3) is 0 Å². The summed E-state index contributed by atoms with van der Waals surface area (Å²) >= 11 is 0. The lowest BCUT2D eigenvalue weighted by Gasteiger charge is -2.34. The Morgan fingerprint density at radius 1 is 1.24 bits per heavy atom. The SMILES string of the molecule is CC(C)(C)c1ccc(CC(NN)C2CCCC2(C)C)cc1. The molecule has 2 nitrogen and oxygen atoms in total. The summed E-state index contributed by atoms with van der Waals surface area (Å²) in [4.78, 5) is 0. The van der Waals surface area contributed by atoms with Crippen LogP contribution in [0.2, 0.25) is 0 Å². The van der Waals surface area contributed by atoms with Crippen molar-refractivity contribution in [1.82, 2.24) is 5.43 Å². The second-order valence-electron chi connectivity index (χ2n) is 8.41. The molecule has 1 aromatic carbocycles. The highest BCUT2D eigenvalue weighted by atomic mass is 15.2. The first-order valence-corrected chi connectivity index (χ1v) is 8.29. The largest absolute Gasteiger partial charge is 0.271 e. The highest BCUT2D eigenvalue weighted by Gasteiger charge is 2.39. The predicted octanol–water partition coefficient (Wildman–Crippen LogP) is 4.18. The molecule has 0 saturated heterocycles. The molecule has 2 heteroatoms. The molecule has 2 rings (SSSR count). The minimum atomic E-state index is 0.220. The highest BCUT2D eigenvalue weighted by molar-refractivity contribution is 5.28. The van der Waals surface area contributed by atoms with Gasteiger partial charge < -0.3 is 0 Å². The molecule has 0 amide bonds. The third-order valence-electron chi connectivity index (χ3n) is 5.32. The van der Waals surface area contributed by atoms with Crippen molar-refractivity contribution in [3.63, 3.8) is 0 Å². The van der Waals surface area contributed by atoms with Crippen LogP contribution in [0.5, 0.6) is 0 Å². The number of nitrogens with one attached hydrogen (secondary N) is 1. The van der Waals surface area contributed by atoms with Gasteiger partial charge in [0.1, 0.15) is 0 Å². The summed E-state index contributed by atoms with van der Waals surface area (Å²) in [5.41, 5.74) is 6.49. The van der Waals surface area contributed by atoms with E-state index in [2.05, 4.69) is 64.3 Å². The maximum atomic E-state index is 5.87. The molecule has 0 radical (unpaired) electrons. The van der Waals surface area contributed by atoms with E-state index in [1.807, 2.05) is 0 Å². The lowest BCUT2D eigenvalue weighted by atomic mass is 9.76. The van der Waals surface area contributed by atoms with Gasteiger partial charge in [0.25, 0.3) is 0 Å². The zero-order valence-electron chi connectivity index (χ0n) is 14.4. The van der Waals surface area contributed by atoms with E-state index < -0.39 is 0 Å². The maximum absolute atomic E-state index is 5.87. The second kappa shape index (κ2) is 6.10. The lowest BCUT2D eigenvalue weighted by Crippen LogP contribution is -2.45. The van der Waals surface area contributed by atoms with Crippen molar-refractivity contribution in [1.29, 1.82) is 0 Å². The number of nitrogens with two attached hydrogens (primary N) is 1. The lowest BCUT2D eigenvalue weighted by molar-refractivity contribution is 0.196. The van der Waals surface area contributed by atoms with Crippen molar-refractivity contribution in [2.75, 3.05) is 0 Å². The maximum Gasteiger partial charge on any atom is 0.0284 e. The third kappa shape index (κ3) is 3.87. The van der Waals surface area contributed by atoms with Crippen LogP contribution >= 0.6 is 0 Å². The van der Waals surface area contributed by atoms with Gasteiger partial charge in [-0.3, -0.25) is 11.3 Å². The van der Waals surface area contributed by atoms with E-state index in [-0.39, 0.29) is 5.41 Å². The first-order valence-electron chi connectivity index (χ1n) is 8.29. The molecule has 2 unspecified atom stereocenters. The van der Waals surface area contributed by atoms with Crippen LogP contribution in [0.15, 0.2) is 24.3 Å².